The summed E-state index contributed by atoms with van der Waals surface area (Å²) in [6.45, 7) is 0.526. The van der Waals surface area contributed by atoms with Crippen LogP contribution in [0, 0.1) is 11.6 Å². The van der Waals surface area contributed by atoms with Crippen molar-refractivity contribution in [3.8, 4) is 11.5 Å². The van der Waals surface area contributed by atoms with Gasteiger partial charge in [-0.2, -0.15) is 4.98 Å². The van der Waals surface area contributed by atoms with Crippen LogP contribution in [0.15, 0.2) is 53.1 Å². The third kappa shape index (κ3) is 3.33. The highest BCUT2D eigenvalue weighted by atomic mass is 19.1. The molecule has 4 rings (SSSR count). The van der Waals surface area contributed by atoms with Crippen LogP contribution in [0.5, 0.6) is 0 Å². The topological polar surface area (TPSA) is 59.2 Å². The molecular formula is C19H15F2N3O2. The summed E-state index contributed by atoms with van der Waals surface area (Å²) >= 11 is 0. The summed E-state index contributed by atoms with van der Waals surface area (Å²) in [5.41, 5.74) is 1.22. The molecule has 0 saturated carbocycles. The SMILES string of the molecule is O=C1CC(c2noc(-c3ccccc3)n2)CN1Cc1cc(F)cc(F)c1. The second-order valence-electron chi connectivity index (χ2n) is 6.28. The number of hydrogen-bond acceptors (Lipinski definition) is 4. The van der Waals surface area contributed by atoms with Crippen LogP contribution in [-0.2, 0) is 11.3 Å². The molecule has 26 heavy (non-hydrogen) atoms. The fourth-order valence-electron chi connectivity index (χ4n) is 3.12. The van der Waals surface area contributed by atoms with E-state index in [2.05, 4.69) is 10.1 Å². The molecule has 1 fully saturated rings. The average Bonchev–Trinajstić information content (AvgIpc) is 3.22. The standard InChI is InChI=1S/C19H15F2N3O2/c20-15-6-12(7-16(21)9-15)10-24-11-14(8-17(24)25)18-22-19(26-23-18)13-4-2-1-3-5-13/h1-7,9,14H,8,10-11H2. The van der Waals surface area contributed by atoms with Crippen molar-refractivity contribution < 1.29 is 18.1 Å². The molecule has 0 N–H and O–H groups in total. The van der Waals surface area contributed by atoms with Crippen LogP contribution in [0.1, 0.15) is 23.7 Å². The van der Waals surface area contributed by atoms with Crippen LogP contribution in [0.4, 0.5) is 8.78 Å². The van der Waals surface area contributed by atoms with E-state index >= 15 is 0 Å². The lowest BCUT2D eigenvalue weighted by molar-refractivity contribution is -0.128. The van der Waals surface area contributed by atoms with Gasteiger partial charge in [-0.25, -0.2) is 8.78 Å². The molecule has 7 heteroatoms. The van der Waals surface area contributed by atoms with Crippen LogP contribution in [0.3, 0.4) is 0 Å². The first-order valence-corrected chi connectivity index (χ1v) is 8.20. The largest absolute Gasteiger partial charge is 0.338 e. The normalized spacial score (nSPS) is 17.1. The van der Waals surface area contributed by atoms with Crippen LogP contribution < -0.4 is 0 Å². The van der Waals surface area contributed by atoms with Gasteiger partial charge in [0.15, 0.2) is 5.82 Å². The molecule has 2 heterocycles. The predicted octanol–water partition coefficient (Wildman–Crippen LogP) is 3.53. The number of likely N-dealkylation sites (tertiary alicyclic amines) is 1. The van der Waals surface area contributed by atoms with Gasteiger partial charge in [-0.05, 0) is 29.8 Å². The number of aromatic nitrogens is 2. The summed E-state index contributed by atoms with van der Waals surface area (Å²) in [6, 6.07) is 12.6. The maximum Gasteiger partial charge on any atom is 0.257 e. The molecular weight excluding hydrogens is 340 g/mol. The number of rotatable bonds is 4. The third-order valence-corrected chi connectivity index (χ3v) is 4.34. The monoisotopic (exact) mass is 355 g/mol. The molecule has 1 aliphatic rings. The summed E-state index contributed by atoms with van der Waals surface area (Å²) in [5, 5.41) is 3.99. The van der Waals surface area contributed by atoms with Crippen molar-refractivity contribution in [3.63, 3.8) is 0 Å². The van der Waals surface area contributed by atoms with Gasteiger partial charge in [0.2, 0.25) is 5.91 Å². The van der Waals surface area contributed by atoms with Gasteiger partial charge >= 0.3 is 0 Å². The third-order valence-electron chi connectivity index (χ3n) is 4.34. The summed E-state index contributed by atoms with van der Waals surface area (Å²) < 4.78 is 32.0. The van der Waals surface area contributed by atoms with E-state index in [9.17, 15) is 13.6 Å². The number of carbonyl (C=O) groups excluding carboxylic acids is 1. The molecule has 1 aliphatic heterocycles. The quantitative estimate of drug-likeness (QED) is 0.718. The number of carbonyl (C=O) groups is 1. The maximum atomic E-state index is 13.3. The molecule has 132 valence electrons. The van der Waals surface area contributed by atoms with Crippen molar-refractivity contribution in [1.29, 1.82) is 0 Å². The Hall–Kier alpha value is -3.09. The molecule has 0 spiro atoms. The highest BCUT2D eigenvalue weighted by Crippen LogP contribution is 2.29. The lowest BCUT2D eigenvalue weighted by Gasteiger charge is -2.16. The van der Waals surface area contributed by atoms with Gasteiger partial charge in [0.05, 0.1) is 0 Å². The van der Waals surface area contributed by atoms with Gasteiger partial charge < -0.3 is 9.42 Å². The first-order chi connectivity index (χ1) is 12.6. The van der Waals surface area contributed by atoms with Crippen LogP contribution in [-0.4, -0.2) is 27.5 Å². The van der Waals surface area contributed by atoms with Gasteiger partial charge in [-0.1, -0.05) is 23.4 Å². The molecule has 0 aliphatic carbocycles. The van der Waals surface area contributed by atoms with Crippen molar-refractivity contribution in [2.24, 2.45) is 0 Å². The second kappa shape index (κ2) is 6.67. The number of hydrogen-bond donors (Lipinski definition) is 0. The van der Waals surface area contributed by atoms with E-state index in [0.717, 1.165) is 11.6 Å². The highest BCUT2D eigenvalue weighted by Gasteiger charge is 2.33. The molecule has 1 aromatic heterocycles. The lowest BCUT2D eigenvalue weighted by atomic mass is 10.1. The molecule has 1 unspecified atom stereocenters. The Labute approximate surface area is 148 Å². The molecule has 2 aromatic carbocycles. The van der Waals surface area contributed by atoms with Crippen molar-refractivity contribution in [1.82, 2.24) is 15.0 Å². The fraction of sp³-hybridized carbons (Fsp3) is 0.211. The molecule has 5 nitrogen and oxygen atoms in total. The minimum atomic E-state index is -0.658. The van der Waals surface area contributed by atoms with Crippen LogP contribution in [0.2, 0.25) is 0 Å². The van der Waals surface area contributed by atoms with Gasteiger partial charge in [0.1, 0.15) is 11.6 Å². The van der Waals surface area contributed by atoms with Crippen molar-refractivity contribution in [2.45, 2.75) is 18.9 Å². The van der Waals surface area contributed by atoms with E-state index in [1.165, 1.54) is 12.1 Å². The van der Waals surface area contributed by atoms with Gasteiger partial charge in [-0.3, -0.25) is 4.79 Å². The molecule has 0 radical (unpaired) electrons. The van der Waals surface area contributed by atoms with E-state index in [0.29, 0.717) is 23.8 Å². The van der Waals surface area contributed by atoms with E-state index in [1.54, 1.807) is 4.90 Å². The summed E-state index contributed by atoms with van der Waals surface area (Å²) in [6.07, 6.45) is 0.242. The van der Waals surface area contributed by atoms with Gasteiger partial charge in [-0.15, -0.1) is 0 Å². The number of halogens is 2. The predicted molar refractivity (Wildman–Crippen MR) is 88.9 cm³/mol. The highest BCUT2D eigenvalue weighted by molar-refractivity contribution is 5.79. The smallest absolute Gasteiger partial charge is 0.257 e. The number of nitrogens with zero attached hydrogens (tertiary/aromatic N) is 3. The Kier molecular flexibility index (Phi) is 4.20. The Bertz CT molecular complexity index is 923. The number of benzene rings is 2. The van der Waals surface area contributed by atoms with E-state index in [1.807, 2.05) is 30.3 Å². The van der Waals surface area contributed by atoms with E-state index in [-0.39, 0.29) is 24.8 Å². The minimum absolute atomic E-state index is 0.106. The Morgan fingerprint density at radius 2 is 1.85 bits per heavy atom. The first kappa shape index (κ1) is 16.4. The summed E-state index contributed by atoms with van der Waals surface area (Å²) in [5.74, 6) is -0.764. The van der Waals surface area contributed by atoms with E-state index < -0.39 is 11.6 Å². The average molecular weight is 355 g/mol. The van der Waals surface area contributed by atoms with Gasteiger partial charge in [0, 0.05) is 37.1 Å². The number of amides is 1. The molecule has 1 amide bonds. The van der Waals surface area contributed by atoms with Crippen molar-refractivity contribution >= 4 is 5.91 Å². The molecule has 0 bridgehead atoms. The Balaban J connectivity index is 1.49. The Morgan fingerprint density at radius 1 is 1.12 bits per heavy atom. The van der Waals surface area contributed by atoms with Crippen molar-refractivity contribution in [2.75, 3.05) is 6.54 Å². The first-order valence-electron chi connectivity index (χ1n) is 8.20. The molecule has 3 aromatic rings. The Morgan fingerprint density at radius 3 is 2.58 bits per heavy atom. The summed E-state index contributed by atoms with van der Waals surface area (Å²) in [7, 11) is 0. The second-order valence-corrected chi connectivity index (χ2v) is 6.28. The molecule has 1 saturated heterocycles. The molecule has 1 atom stereocenters. The van der Waals surface area contributed by atoms with Crippen LogP contribution in [0.25, 0.3) is 11.5 Å². The van der Waals surface area contributed by atoms with E-state index in [4.69, 9.17) is 4.52 Å². The van der Waals surface area contributed by atoms with Crippen molar-refractivity contribution in [3.05, 3.63) is 71.6 Å². The fourth-order valence-corrected chi connectivity index (χ4v) is 3.12. The van der Waals surface area contributed by atoms with Crippen LogP contribution >= 0.6 is 0 Å². The maximum absolute atomic E-state index is 13.3. The minimum Gasteiger partial charge on any atom is -0.338 e. The van der Waals surface area contributed by atoms with Gasteiger partial charge in [0.25, 0.3) is 5.89 Å². The zero-order valence-corrected chi connectivity index (χ0v) is 13.7. The lowest BCUT2D eigenvalue weighted by Crippen LogP contribution is -2.24. The zero-order valence-electron chi connectivity index (χ0n) is 13.7. The zero-order chi connectivity index (χ0) is 18.1. The summed E-state index contributed by atoms with van der Waals surface area (Å²) in [4.78, 5) is 18.2.